The van der Waals surface area contributed by atoms with Gasteiger partial charge in [0.05, 0.1) is 35.0 Å². The molecule has 2 aliphatic heterocycles. The minimum atomic E-state index is -0.901. The summed E-state index contributed by atoms with van der Waals surface area (Å²) in [4.78, 5) is 28.6. The van der Waals surface area contributed by atoms with Crippen LogP contribution in [0.4, 0.5) is 10.5 Å². The van der Waals surface area contributed by atoms with Gasteiger partial charge in [-0.3, -0.25) is 4.79 Å². The van der Waals surface area contributed by atoms with Crippen LogP contribution in [-0.4, -0.2) is 79.4 Å². The Balaban J connectivity index is 1.33. The van der Waals surface area contributed by atoms with Crippen LogP contribution in [0.15, 0.2) is 30.3 Å². The van der Waals surface area contributed by atoms with Gasteiger partial charge in [-0.15, -0.1) is 0 Å². The van der Waals surface area contributed by atoms with Crippen molar-refractivity contribution in [2.75, 3.05) is 52.2 Å². The molecule has 0 aliphatic carbocycles. The fourth-order valence-corrected chi connectivity index (χ4v) is 6.06. The van der Waals surface area contributed by atoms with E-state index in [2.05, 4.69) is 10.2 Å². The lowest BCUT2D eigenvalue weighted by Gasteiger charge is -2.37. The average Bonchev–Trinajstić information content (AvgIpc) is 3.44. The van der Waals surface area contributed by atoms with Gasteiger partial charge in [0.2, 0.25) is 0 Å². The van der Waals surface area contributed by atoms with Gasteiger partial charge in [-0.1, -0.05) is 40.9 Å². The predicted octanol–water partition coefficient (Wildman–Crippen LogP) is 5.52. The van der Waals surface area contributed by atoms with E-state index in [1.54, 1.807) is 24.3 Å². The molecule has 4 N–H and O–H groups in total. The lowest BCUT2D eigenvalue weighted by molar-refractivity contribution is 0.0764. The highest BCUT2D eigenvalue weighted by Crippen LogP contribution is 2.33. The highest BCUT2D eigenvalue weighted by Gasteiger charge is 2.36. The molecule has 2 unspecified atom stereocenters. The molecule has 2 aromatic carbocycles. The lowest BCUT2D eigenvalue weighted by atomic mass is 9.93. The molecule has 218 valence electrons. The summed E-state index contributed by atoms with van der Waals surface area (Å²) in [5, 5.41) is 13.8. The first-order chi connectivity index (χ1) is 19.2. The molecule has 4 rings (SSSR count). The van der Waals surface area contributed by atoms with E-state index < -0.39 is 6.09 Å². The minimum absolute atomic E-state index is 0.0346. The number of amides is 2. The summed E-state index contributed by atoms with van der Waals surface area (Å²) in [5.41, 5.74) is 6.53. The van der Waals surface area contributed by atoms with E-state index in [9.17, 15) is 14.7 Å². The summed E-state index contributed by atoms with van der Waals surface area (Å²) < 4.78 is 11.4. The number of piperidine rings is 1. The number of nitrogen functional groups attached to an aromatic ring is 1. The van der Waals surface area contributed by atoms with E-state index in [1.165, 1.54) is 18.1 Å². The Hall–Kier alpha value is -2.59. The number of carbonyl (C=O) groups is 2. The lowest BCUT2D eigenvalue weighted by Crippen LogP contribution is -2.48. The Bertz CT molecular complexity index is 1210. The molecular formula is C28H35Cl3N4O5. The van der Waals surface area contributed by atoms with Gasteiger partial charge in [0.15, 0.2) is 0 Å². The van der Waals surface area contributed by atoms with Crippen molar-refractivity contribution in [3.05, 3.63) is 51.0 Å². The molecule has 12 heteroatoms. The summed E-state index contributed by atoms with van der Waals surface area (Å²) in [6, 6.07) is 8.18. The number of halogens is 3. The number of rotatable bonds is 10. The van der Waals surface area contributed by atoms with Gasteiger partial charge in [0.1, 0.15) is 16.5 Å². The number of nitrogens with zero attached hydrogens (tertiary/aromatic N) is 2. The van der Waals surface area contributed by atoms with Crippen molar-refractivity contribution in [3.8, 4) is 11.5 Å². The van der Waals surface area contributed by atoms with Gasteiger partial charge in [-0.05, 0) is 62.9 Å². The second-order valence-corrected chi connectivity index (χ2v) is 11.5. The Morgan fingerprint density at radius 1 is 1.10 bits per heavy atom. The van der Waals surface area contributed by atoms with E-state index in [4.69, 9.17) is 50.0 Å². The molecule has 0 aromatic heterocycles. The first-order valence-electron chi connectivity index (χ1n) is 13.4. The molecule has 2 atom stereocenters. The first kappa shape index (κ1) is 30.4. The zero-order valence-corrected chi connectivity index (χ0v) is 24.6. The minimum Gasteiger partial charge on any atom is -0.496 e. The maximum absolute atomic E-state index is 12.8. The Morgan fingerprint density at radius 3 is 2.55 bits per heavy atom. The number of ether oxygens (including phenoxy) is 2. The van der Waals surface area contributed by atoms with Crippen LogP contribution in [0.25, 0.3) is 0 Å². The number of carbonyl (C=O) groups excluding carboxylic acids is 1. The second kappa shape index (κ2) is 13.9. The maximum atomic E-state index is 12.8. The largest absolute Gasteiger partial charge is 0.496 e. The molecule has 9 nitrogen and oxygen atoms in total. The summed E-state index contributed by atoms with van der Waals surface area (Å²) in [7, 11) is 1.48. The van der Waals surface area contributed by atoms with Crippen molar-refractivity contribution in [2.24, 2.45) is 11.8 Å². The number of carboxylic acid groups (broad SMARTS) is 1. The predicted molar refractivity (Wildman–Crippen MR) is 157 cm³/mol. The fourth-order valence-electron chi connectivity index (χ4n) is 5.55. The average molecular weight is 614 g/mol. The van der Waals surface area contributed by atoms with Crippen molar-refractivity contribution < 1.29 is 24.2 Å². The summed E-state index contributed by atoms with van der Waals surface area (Å²) >= 11 is 18.6. The van der Waals surface area contributed by atoms with Crippen LogP contribution in [0.2, 0.25) is 15.1 Å². The van der Waals surface area contributed by atoms with Crippen LogP contribution in [-0.2, 0) is 0 Å². The number of nitrogens with two attached hydrogens (primary N) is 1. The molecule has 0 saturated carbocycles. The molecule has 0 spiro atoms. The van der Waals surface area contributed by atoms with Crippen LogP contribution in [0.3, 0.4) is 0 Å². The van der Waals surface area contributed by atoms with Gasteiger partial charge in [-0.25, -0.2) is 4.79 Å². The topological polar surface area (TPSA) is 117 Å². The van der Waals surface area contributed by atoms with E-state index in [0.29, 0.717) is 70.0 Å². The van der Waals surface area contributed by atoms with Crippen LogP contribution < -0.4 is 20.5 Å². The molecule has 2 saturated heterocycles. The van der Waals surface area contributed by atoms with Gasteiger partial charge in [-0.2, -0.15) is 0 Å². The number of hydrogen-bond acceptors (Lipinski definition) is 6. The van der Waals surface area contributed by atoms with Gasteiger partial charge < -0.3 is 35.4 Å². The van der Waals surface area contributed by atoms with E-state index >= 15 is 0 Å². The van der Waals surface area contributed by atoms with Crippen LogP contribution in [0.5, 0.6) is 11.5 Å². The number of likely N-dealkylation sites (tertiary alicyclic amines) is 2. The summed E-state index contributed by atoms with van der Waals surface area (Å²) in [6.07, 6.45) is 2.53. The highest BCUT2D eigenvalue weighted by molar-refractivity contribution is 6.42. The molecular weight excluding hydrogens is 579 g/mol. The van der Waals surface area contributed by atoms with Crippen molar-refractivity contribution in [2.45, 2.75) is 31.7 Å². The molecule has 0 radical (unpaired) electrons. The van der Waals surface area contributed by atoms with Gasteiger partial charge >= 0.3 is 6.09 Å². The Kier molecular flexibility index (Phi) is 10.5. The molecule has 0 bridgehead atoms. The van der Waals surface area contributed by atoms with Gasteiger partial charge in [0.25, 0.3) is 5.91 Å². The smallest absolute Gasteiger partial charge is 0.407 e. The SMILES string of the molecule is COc1cc(N)c(Cl)cc1C(=O)NCC1CCN(CC(COc2cccc(Cl)c2Cl)C2CCCN2C(=O)O)CC1. The number of nitrogens with one attached hydrogen (secondary N) is 1. The molecule has 2 aliphatic rings. The number of hydrogen-bond donors (Lipinski definition) is 3. The van der Waals surface area contributed by atoms with Crippen LogP contribution in [0, 0.1) is 11.8 Å². The number of methoxy groups -OCH3 is 1. The van der Waals surface area contributed by atoms with E-state index in [1.807, 2.05) is 0 Å². The number of benzene rings is 2. The second-order valence-electron chi connectivity index (χ2n) is 10.3. The molecule has 2 amide bonds. The maximum Gasteiger partial charge on any atom is 0.407 e. The third-order valence-electron chi connectivity index (χ3n) is 7.77. The molecule has 2 aromatic rings. The van der Waals surface area contributed by atoms with Crippen molar-refractivity contribution in [1.29, 1.82) is 0 Å². The zero-order valence-electron chi connectivity index (χ0n) is 22.4. The first-order valence-corrected chi connectivity index (χ1v) is 14.5. The molecule has 40 heavy (non-hydrogen) atoms. The number of anilines is 1. The molecule has 2 heterocycles. The quantitative estimate of drug-likeness (QED) is 0.302. The third-order valence-corrected chi connectivity index (χ3v) is 8.90. The zero-order chi connectivity index (χ0) is 28.8. The molecule has 2 fully saturated rings. The van der Waals surface area contributed by atoms with Gasteiger partial charge in [0, 0.05) is 37.7 Å². The Labute approximate surface area is 249 Å². The highest BCUT2D eigenvalue weighted by atomic mass is 35.5. The fraction of sp³-hybridized carbons (Fsp3) is 0.500. The van der Waals surface area contributed by atoms with E-state index in [0.717, 1.165) is 38.8 Å². The summed E-state index contributed by atoms with van der Waals surface area (Å²) in [5.74, 6) is 0.898. The van der Waals surface area contributed by atoms with Crippen molar-refractivity contribution >= 4 is 52.5 Å². The van der Waals surface area contributed by atoms with Crippen LogP contribution >= 0.6 is 34.8 Å². The monoisotopic (exact) mass is 612 g/mol. The standard InChI is InChI=1S/C28H35Cl3N4O5/c1-39-25-13-22(32)21(30)12-19(25)27(36)33-14-17-7-10-34(11-8-17)15-18(23-5-3-9-35(23)28(37)38)16-40-24-6-2-4-20(29)26(24)31/h2,4,6,12-13,17-18,23H,3,5,7-11,14-16,32H2,1H3,(H,33,36)(H,37,38). The Morgan fingerprint density at radius 2 is 1.85 bits per heavy atom. The summed E-state index contributed by atoms with van der Waals surface area (Å²) in [6.45, 7) is 3.77. The van der Waals surface area contributed by atoms with Crippen molar-refractivity contribution in [3.63, 3.8) is 0 Å². The van der Waals surface area contributed by atoms with E-state index in [-0.39, 0.29) is 17.9 Å². The van der Waals surface area contributed by atoms with Crippen molar-refractivity contribution in [1.82, 2.24) is 15.1 Å². The third kappa shape index (κ3) is 7.37. The van der Waals surface area contributed by atoms with Crippen LogP contribution in [0.1, 0.15) is 36.0 Å². The normalized spacial score (nSPS) is 18.9.